The monoisotopic (exact) mass is 333 g/mol. The number of nitrogens with one attached hydrogen (secondary N) is 1. The summed E-state index contributed by atoms with van der Waals surface area (Å²) >= 11 is 0. The molecule has 25 heavy (non-hydrogen) atoms. The van der Waals surface area contributed by atoms with Crippen LogP contribution in [0.25, 0.3) is 0 Å². The van der Waals surface area contributed by atoms with E-state index >= 15 is 0 Å². The van der Waals surface area contributed by atoms with E-state index < -0.39 is 0 Å². The summed E-state index contributed by atoms with van der Waals surface area (Å²) in [6.07, 6.45) is 2.73. The Morgan fingerprint density at radius 1 is 0.960 bits per heavy atom. The quantitative estimate of drug-likeness (QED) is 0.747. The van der Waals surface area contributed by atoms with Gasteiger partial charge in [0.2, 0.25) is 0 Å². The number of H-pyrrole nitrogens is 1. The van der Waals surface area contributed by atoms with E-state index in [0.29, 0.717) is 0 Å². The Bertz CT molecular complexity index is 744. The first-order chi connectivity index (χ1) is 12.4. The van der Waals surface area contributed by atoms with E-state index in [1.54, 1.807) is 6.33 Å². The van der Waals surface area contributed by atoms with Gasteiger partial charge in [0.1, 0.15) is 6.10 Å². The zero-order chi connectivity index (χ0) is 16.9. The predicted octanol–water partition coefficient (Wildman–Crippen LogP) is 3.73. The number of aromatic nitrogens is 2. The molecule has 1 aliphatic rings. The minimum absolute atomic E-state index is 0.0300. The molecule has 3 aromatic rings. The molecule has 4 rings (SSSR count). The smallest absolute Gasteiger partial charge is 0.114 e. The van der Waals surface area contributed by atoms with Crippen molar-refractivity contribution in [3.05, 3.63) is 89.5 Å². The molecule has 1 unspecified atom stereocenters. The van der Waals surface area contributed by atoms with Gasteiger partial charge in [0.15, 0.2) is 0 Å². The lowest BCUT2D eigenvalue weighted by molar-refractivity contribution is 0.00927. The summed E-state index contributed by atoms with van der Waals surface area (Å²) < 4.78 is 6.04. The van der Waals surface area contributed by atoms with E-state index in [0.717, 1.165) is 38.4 Å². The Labute approximate surface area is 148 Å². The van der Waals surface area contributed by atoms with Crippen molar-refractivity contribution in [2.75, 3.05) is 13.2 Å². The van der Waals surface area contributed by atoms with Gasteiger partial charge in [0.05, 0.1) is 18.6 Å². The zero-order valence-corrected chi connectivity index (χ0v) is 14.3. The SMILES string of the molecule is c1ccc(CN(Cc2ccccc2)CC2OCCc3[nH]cnc32)cc1. The maximum absolute atomic E-state index is 6.04. The molecule has 0 fully saturated rings. The molecule has 0 bridgehead atoms. The van der Waals surface area contributed by atoms with Crippen LogP contribution in [0.4, 0.5) is 0 Å². The zero-order valence-electron chi connectivity index (χ0n) is 14.3. The van der Waals surface area contributed by atoms with Crippen LogP contribution in [0.2, 0.25) is 0 Å². The molecular weight excluding hydrogens is 310 g/mol. The topological polar surface area (TPSA) is 41.1 Å². The van der Waals surface area contributed by atoms with Gasteiger partial charge >= 0.3 is 0 Å². The molecule has 0 aliphatic carbocycles. The van der Waals surface area contributed by atoms with Crippen molar-refractivity contribution in [2.45, 2.75) is 25.6 Å². The standard InChI is InChI=1S/C21H23N3O/c1-3-7-17(8-4-1)13-24(14-18-9-5-2-6-10-18)15-20-21-19(11-12-25-20)22-16-23-21/h1-10,16,20H,11-15H2,(H,22,23). The lowest BCUT2D eigenvalue weighted by Gasteiger charge is -2.29. The molecular formula is C21H23N3O. The van der Waals surface area contributed by atoms with Crippen LogP contribution in [-0.2, 0) is 24.2 Å². The Kier molecular flexibility index (Phi) is 4.91. The first kappa shape index (κ1) is 16.1. The van der Waals surface area contributed by atoms with Crippen molar-refractivity contribution in [1.29, 1.82) is 0 Å². The number of nitrogens with zero attached hydrogens (tertiary/aromatic N) is 2. The van der Waals surface area contributed by atoms with Gasteiger partial charge in [0.25, 0.3) is 0 Å². The number of hydrogen-bond acceptors (Lipinski definition) is 3. The van der Waals surface area contributed by atoms with Crippen LogP contribution in [0.5, 0.6) is 0 Å². The maximum atomic E-state index is 6.04. The first-order valence-corrected chi connectivity index (χ1v) is 8.82. The maximum Gasteiger partial charge on any atom is 0.114 e. The Balaban J connectivity index is 1.53. The molecule has 4 heteroatoms. The Morgan fingerprint density at radius 2 is 1.60 bits per heavy atom. The third-order valence-electron chi connectivity index (χ3n) is 4.65. The van der Waals surface area contributed by atoms with Gasteiger partial charge in [-0.3, -0.25) is 4.90 Å². The lowest BCUT2D eigenvalue weighted by Crippen LogP contribution is -2.31. The fourth-order valence-corrected chi connectivity index (χ4v) is 3.43. The number of ether oxygens (including phenoxy) is 1. The van der Waals surface area contributed by atoms with Crippen molar-refractivity contribution in [2.24, 2.45) is 0 Å². The highest BCUT2D eigenvalue weighted by molar-refractivity contribution is 5.19. The third kappa shape index (κ3) is 3.98. The van der Waals surface area contributed by atoms with Crippen LogP contribution in [0, 0.1) is 0 Å². The van der Waals surface area contributed by atoms with Crippen molar-refractivity contribution < 1.29 is 4.74 Å². The molecule has 4 nitrogen and oxygen atoms in total. The second kappa shape index (κ2) is 7.64. The average molecular weight is 333 g/mol. The Hall–Kier alpha value is -2.43. The molecule has 0 saturated carbocycles. The normalized spacial score (nSPS) is 16.8. The second-order valence-corrected chi connectivity index (χ2v) is 6.52. The van der Waals surface area contributed by atoms with Gasteiger partial charge in [-0.15, -0.1) is 0 Å². The van der Waals surface area contributed by atoms with E-state index in [2.05, 4.69) is 75.5 Å². The Morgan fingerprint density at radius 3 is 2.24 bits per heavy atom. The summed E-state index contributed by atoms with van der Waals surface area (Å²) in [4.78, 5) is 10.2. The number of hydrogen-bond donors (Lipinski definition) is 1. The lowest BCUT2D eigenvalue weighted by atomic mass is 10.1. The van der Waals surface area contributed by atoms with Gasteiger partial charge in [0, 0.05) is 31.7 Å². The second-order valence-electron chi connectivity index (χ2n) is 6.52. The van der Waals surface area contributed by atoms with Gasteiger partial charge in [-0.05, 0) is 11.1 Å². The number of benzene rings is 2. The van der Waals surface area contributed by atoms with E-state index in [9.17, 15) is 0 Å². The van der Waals surface area contributed by atoms with Crippen molar-refractivity contribution in [3.63, 3.8) is 0 Å². The van der Waals surface area contributed by atoms with Crippen LogP contribution in [0.15, 0.2) is 67.0 Å². The van der Waals surface area contributed by atoms with Gasteiger partial charge in [-0.25, -0.2) is 4.98 Å². The van der Waals surface area contributed by atoms with Crippen molar-refractivity contribution in [1.82, 2.24) is 14.9 Å². The van der Waals surface area contributed by atoms with Crippen LogP contribution < -0.4 is 0 Å². The summed E-state index contributed by atoms with van der Waals surface area (Å²) in [6, 6.07) is 21.2. The number of imidazole rings is 1. The number of rotatable bonds is 6. The van der Waals surface area contributed by atoms with Gasteiger partial charge in [-0.2, -0.15) is 0 Å². The molecule has 128 valence electrons. The molecule has 1 aromatic heterocycles. The highest BCUT2D eigenvalue weighted by atomic mass is 16.5. The van der Waals surface area contributed by atoms with E-state index in [1.807, 2.05) is 0 Å². The fourth-order valence-electron chi connectivity index (χ4n) is 3.43. The summed E-state index contributed by atoms with van der Waals surface area (Å²) in [6.45, 7) is 3.39. The highest BCUT2D eigenvalue weighted by Crippen LogP contribution is 2.26. The average Bonchev–Trinajstić information content (AvgIpc) is 3.13. The van der Waals surface area contributed by atoms with Crippen LogP contribution in [-0.4, -0.2) is 28.0 Å². The molecule has 1 N–H and O–H groups in total. The van der Waals surface area contributed by atoms with Crippen LogP contribution >= 0.6 is 0 Å². The predicted molar refractivity (Wildman–Crippen MR) is 98.0 cm³/mol. The van der Waals surface area contributed by atoms with E-state index in [-0.39, 0.29) is 6.10 Å². The molecule has 0 spiro atoms. The van der Waals surface area contributed by atoms with Crippen LogP contribution in [0.1, 0.15) is 28.6 Å². The minimum atomic E-state index is 0.0300. The fraction of sp³-hybridized carbons (Fsp3) is 0.286. The number of aromatic amines is 1. The van der Waals surface area contributed by atoms with Crippen molar-refractivity contribution in [3.8, 4) is 0 Å². The molecule has 2 heterocycles. The van der Waals surface area contributed by atoms with Gasteiger partial charge < -0.3 is 9.72 Å². The highest BCUT2D eigenvalue weighted by Gasteiger charge is 2.25. The molecule has 0 radical (unpaired) electrons. The van der Waals surface area contributed by atoms with Gasteiger partial charge in [-0.1, -0.05) is 60.7 Å². The summed E-state index contributed by atoms with van der Waals surface area (Å²) in [5, 5.41) is 0. The first-order valence-electron chi connectivity index (χ1n) is 8.82. The third-order valence-corrected chi connectivity index (χ3v) is 4.65. The molecule has 0 amide bonds. The van der Waals surface area contributed by atoms with Crippen LogP contribution in [0.3, 0.4) is 0 Å². The number of fused-ring (bicyclic) bond motifs is 1. The molecule has 2 aromatic carbocycles. The summed E-state index contributed by atoms with van der Waals surface area (Å²) in [5.74, 6) is 0. The van der Waals surface area contributed by atoms with E-state index in [1.165, 1.54) is 16.8 Å². The largest absolute Gasteiger partial charge is 0.370 e. The van der Waals surface area contributed by atoms with Crippen molar-refractivity contribution >= 4 is 0 Å². The van der Waals surface area contributed by atoms with E-state index in [4.69, 9.17) is 4.74 Å². The molecule has 1 aliphatic heterocycles. The summed E-state index contributed by atoms with van der Waals surface area (Å²) in [7, 11) is 0. The summed E-state index contributed by atoms with van der Waals surface area (Å²) in [5.41, 5.74) is 4.92. The minimum Gasteiger partial charge on any atom is -0.370 e. The molecule has 1 atom stereocenters. The molecule has 0 saturated heterocycles.